The summed E-state index contributed by atoms with van der Waals surface area (Å²) in [5.41, 5.74) is -0.551. The highest BCUT2D eigenvalue weighted by atomic mass is 35.5. The Morgan fingerprint density at radius 1 is 1.08 bits per heavy atom. The Hall–Kier alpha value is -2.80. The minimum absolute atomic E-state index is 0.293. The van der Waals surface area contributed by atoms with Gasteiger partial charge in [0.15, 0.2) is 0 Å². The van der Waals surface area contributed by atoms with E-state index in [-0.39, 0.29) is 0 Å². The van der Waals surface area contributed by atoms with Gasteiger partial charge in [0.25, 0.3) is 5.91 Å². The molecule has 0 unspecified atom stereocenters. The van der Waals surface area contributed by atoms with Crippen LogP contribution in [0.4, 0.5) is 19.0 Å². The predicted octanol–water partition coefficient (Wildman–Crippen LogP) is 4.86. The fraction of sp³-hybridized carbons (Fsp3) is 0.111. The summed E-state index contributed by atoms with van der Waals surface area (Å²) < 4.78 is 40.7. The number of carbonyl (C=O) groups excluding carboxylic acids is 1. The summed E-state index contributed by atoms with van der Waals surface area (Å²) in [5.74, 6) is -0.558. The summed E-state index contributed by atoms with van der Waals surface area (Å²) in [7, 11) is 0. The first-order valence-corrected chi connectivity index (χ1v) is 7.96. The molecule has 134 valence electrons. The van der Waals surface area contributed by atoms with Gasteiger partial charge in [-0.3, -0.25) is 4.79 Å². The number of hydrogen-bond donors (Lipinski definition) is 1. The summed E-state index contributed by atoms with van der Waals surface area (Å²) in [6, 6.07) is 13.2. The largest absolute Gasteiger partial charge is 0.417 e. The van der Waals surface area contributed by atoms with Gasteiger partial charge in [-0.05, 0) is 29.8 Å². The van der Waals surface area contributed by atoms with Crippen LogP contribution in [0.5, 0.6) is 0 Å². The molecule has 26 heavy (non-hydrogen) atoms. The second-order valence-electron chi connectivity index (χ2n) is 5.50. The average Bonchev–Trinajstić information content (AvgIpc) is 3.03. The molecule has 0 aliphatic carbocycles. The van der Waals surface area contributed by atoms with Crippen molar-refractivity contribution in [1.29, 1.82) is 0 Å². The fourth-order valence-electron chi connectivity index (χ4n) is 2.44. The number of hydrogen-bond acceptors (Lipinski definition) is 2. The van der Waals surface area contributed by atoms with E-state index in [4.69, 9.17) is 11.6 Å². The molecule has 0 saturated carbocycles. The van der Waals surface area contributed by atoms with Crippen LogP contribution in [-0.4, -0.2) is 15.7 Å². The maximum absolute atomic E-state index is 13.1. The molecule has 1 heterocycles. The molecule has 3 rings (SSSR count). The van der Waals surface area contributed by atoms with Crippen LogP contribution in [0.15, 0.2) is 60.8 Å². The van der Waals surface area contributed by atoms with Crippen molar-refractivity contribution in [2.24, 2.45) is 0 Å². The van der Waals surface area contributed by atoms with Crippen molar-refractivity contribution in [3.63, 3.8) is 0 Å². The molecule has 4 nitrogen and oxygen atoms in total. The van der Waals surface area contributed by atoms with E-state index in [2.05, 4.69) is 10.4 Å². The highest BCUT2D eigenvalue weighted by Gasteiger charge is 2.34. The Balaban J connectivity index is 1.82. The monoisotopic (exact) mass is 379 g/mol. The van der Waals surface area contributed by atoms with E-state index in [1.807, 2.05) is 0 Å². The molecule has 1 N–H and O–H groups in total. The Morgan fingerprint density at radius 3 is 2.46 bits per heavy atom. The van der Waals surface area contributed by atoms with Crippen molar-refractivity contribution in [1.82, 2.24) is 9.78 Å². The molecule has 3 aromatic rings. The van der Waals surface area contributed by atoms with Crippen LogP contribution in [0.3, 0.4) is 0 Å². The molecule has 1 aromatic heterocycles. The van der Waals surface area contributed by atoms with Gasteiger partial charge in [-0.1, -0.05) is 35.9 Å². The van der Waals surface area contributed by atoms with E-state index in [0.717, 1.165) is 17.7 Å². The van der Waals surface area contributed by atoms with Crippen LogP contribution in [0.25, 0.3) is 0 Å². The zero-order valence-corrected chi connectivity index (χ0v) is 14.1. The van der Waals surface area contributed by atoms with E-state index in [0.29, 0.717) is 17.4 Å². The molecular weight excluding hydrogens is 367 g/mol. The van der Waals surface area contributed by atoms with Crippen LogP contribution in [0.1, 0.15) is 21.5 Å². The van der Waals surface area contributed by atoms with Gasteiger partial charge in [0.2, 0.25) is 0 Å². The molecule has 0 fully saturated rings. The van der Waals surface area contributed by atoms with Crippen LogP contribution in [0.2, 0.25) is 5.02 Å². The van der Waals surface area contributed by atoms with Crippen LogP contribution < -0.4 is 5.32 Å². The van der Waals surface area contributed by atoms with Crippen LogP contribution in [-0.2, 0) is 12.7 Å². The first kappa shape index (κ1) is 18.0. The van der Waals surface area contributed by atoms with Crippen molar-refractivity contribution < 1.29 is 18.0 Å². The highest BCUT2D eigenvalue weighted by molar-refractivity contribution is 6.30. The van der Waals surface area contributed by atoms with Crippen molar-refractivity contribution in [2.45, 2.75) is 12.7 Å². The normalized spacial score (nSPS) is 11.4. The Kier molecular flexibility index (Phi) is 4.99. The molecule has 0 spiro atoms. The Labute approximate surface area is 152 Å². The summed E-state index contributed by atoms with van der Waals surface area (Å²) in [6.07, 6.45) is -3.15. The van der Waals surface area contributed by atoms with Crippen molar-refractivity contribution >= 4 is 23.3 Å². The third-order valence-electron chi connectivity index (χ3n) is 3.68. The number of amides is 1. The molecule has 0 aliphatic heterocycles. The maximum Gasteiger partial charge on any atom is 0.417 e. The predicted molar refractivity (Wildman–Crippen MR) is 92.2 cm³/mol. The molecule has 0 aliphatic rings. The lowest BCUT2D eigenvalue weighted by Crippen LogP contribution is -2.20. The SMILES string of the molecule is O=C(Nc1ccnn1Cc1ccc(Cl)cc1)c1ccccc1C(F)(F)F. The van der Waals surface area contributed by atoms with Gasteiger partial charge < -0.3 is 5.32 Å². The highest BCUT2D eigenvalue weighted by Crippen LogP contribution is 2.32. The first-order chi connectivity index (χ1) is 12.3. The molecule has 1 amide bonds. The number of carbonyl (C=O) groups is 1. The Morgan fingerprint density at radius 2 is 1.77 bits per heavy atom. The number of anilines is 1. The van der Waals surface area contributed by atoms with Gasteiger partial charge in [0.05, 0.1) is 23.9 Å². The smallest absolute Gasteiger partial charge is 0.307 e. The molecule has 2 aromatic carbocycles. The van der Waals surface area contributed by atoms with E-state index >= 15 is 0 Å². The van der Waals surface area contributed by atoms with E-state index < -0.39 is 23.2 Å². The minimum Gasteiger partial charge on any atom is -0.307 e. The van der Waals surface area contributed by atoms with E-state index in [1.165, 1.54) is 29.1 Å². The van der Waals surface area contributed by atoms with Gasteiger partial charge in [-0.15, -0.1) is 0 Å². The number of benzene rings is 2. The maximum atomic E-state index is 13.1. The topological polar surface area (TPSA) is 46.9 Å². The summed E-state index contributed by atoms with van der Waals surface area (Å²) in [5, 5.41) is 7.17. The lowest BCUT2D eigenvalue weighted by molar-refractivity contribution is -0.137. The number of nitrogens with zero attached hydrogens (tertiary/aromatic N) is 2. The van der Waals surface area contributed by atoms with Crippen molar-refractivity contribution in [3.8, 4) is 0 Å². The summed E-state index contributed by atoms with van der Waals surface area (Å²) >= 11 is 5.84. The van der Waals surface area contributed by atoms with Crippen LogP contribution >= 0.6 is 11.6 Å². The quantitative estimate of drug-likeness (QED) is 0.704. The van der Waals surface area contributed by atoms with Crippen LogP contribution in [0, 0.1) is 0 Å². The molecule has 0 bridgehead atoms. The zero-order chi connectivity index (χ0) is 18.7. The molecular formula is C18H13ClF3N3O. The van der Waals surface area contributed by atoms with E-state index in [9.17, 15) is 18.0 Å². The third kappa shape index (κ3) is 4.05. The molecule has 0 radical (unpaired) electrons. The number of halogens is 4. The second-order valence-corrected chi connectivity index (χ2v) is 5.93. The lowest BCUT2D eigenvalue weighted by Gasteiger charge is -2.13. The van der Waals surface area contributed by atoms with E-state index in [1.54, 1.807) is 24.3 Å². The zero-order valence-electron chi connectivity index (χ0n) is 13.3. The number of nitrogens with one attached hydrogen (secondary N) is 1. The van der Waals surface area contributed by atoms with Gasteiger partial charge >= 0.3 is 6.18 Å². The lowest BCUT2D eigenvalue weighted by atomic mass is 10.1. The number of rotatable bonds is 4. The van der Waals surface area contributed by atoms with Gasteiger partial charge in [-0.2, -0.15) is 18.3 Å². The fourth-order valence-corrected chi connectivity index (χ4v) is 2.57. The van der Waals surface area contributed by atoms with Gasteiger partial charge in [-0.25, -0.2) is 4.68 Å². The number of aromatic nitrogens is 2. The average molecular weight is 380 g/mol. The summed E-state index contributed by atoms with van der Waals surface area (Å²) in [4.78, 5) is 12.4. The minimum atomic E-state index is -4.61. The molecule has 0 saturated heterocycles. The first-order valence-electron chi connectivity index (χ1n) is 7.58. The second kappa shape index (κ2) is 7.21. The Bertz CT molecular complexity index is 920. The standard InChI is InChI=1S/C18H13ClF3N3O/c19-13-7-5-12(6-8-13)11-25-16(9-10-23-25)24-17(26)14-3-1-2-4-15(14)18(20,21)22/h1-10H,11H2,(H,24,26). The molecule has 8 heteroatoms. The molecule has 0 atom stereocenters. The van der Waals surface area contributed by atoms with Gasteiger partial charge in [0, 0.05) is 11.1 Å². The van der Waals surface area contributed by atoms with Crippen molar-refractivity contribution in [3.05, 3.63) is 82.5 Å². The summed E-state index contributed by atoms with van der Waals surface area (Å²) in [6.45, 7) is 0.334. The number of alkyl halides is 3. The third-order valence-corrected chi connectivity index (χ3v) is 3.93. The van der Waals surface area contributed by atoms with Crippen molar-refractivity contribution in [2.75, 3.05) is 5.32 Å². The van der Waals surface area contributed by atoms with Gasteiger partial charge in [0.1, 0.15) is 5.82 Å².